The molecule has 2 aliphatic rings. The van der Waals surface area contributed by atoms with E-state index in [0.717, 1.165) is 25.9 Å². The summed E-state index contributed by atoms with van der Waals surface area (Å²) in [7, 11) is 1.62. The number of nitrogens with zero attached hydrogens (tertiary/aromatic N) is 1. The molecule has 2 aliphatic heterocycles. The predicted molar refractivity (Wildman–Crippen MR) is 105 cm³/mol. The maximum Gasteiger partial charge on any atom is 0.267 e. The normalized spacial score (nSPS) is 20.1. The Kier molecular flexibility index (Phi) is 4.10. The molecule has 0 bridgehead atoms. The molecule has 1 N–H and O–H groups in total. The minimum atomic E-state index is -0.0947. The van der Waals surface area contributed by atoms with Gasteiger partial charge in [0.15, 0.2) is 5.50 Å². The van der Waals surface area contributed by atoms with Gasteiger partial charge in [0.2, 0.25) is 0 Å². The number of nitrogens with one attached hydrogen (secondary N) is 1. The Morgan fingerprint density at radius 3 is 2.88 bits per heavy atom. The third-order valence-electron chi connectivity index (χ3n) is 3.87. The number of benzene rings is 2. The van der Waals surface area contributed by atoms with E-state index >= 15 is 0 Å². The summed E-state index contributed by atoms with van der Waals surface area (Å²) in [5.74, 6) is 0.708. The van der Waals surface area contributed by atoms with Gasteiger partial charge in [0.05, 0.1) is 27.9 Å². The first-order valence-electron chi connectivity index (χ1n) is 7.19. The van der Waals surface area contributed by atoms with Crippen LogP contribution in [0.1, 0.15) is 5.56 Å². The van der Waals surface area contributed by atoms with Crippen LogP contribution < -0.4 is 15.0 Å². The van der Waals surface area contributed by atoms with E-state index < -0.39 is 0 Å². The minimum Gasteiger partial charge on any atom is -0.495 e. The van der Waals surface area contributed by atoms with Crippen LogP contribution in [0.4, 0.5) is 11.4 Å². The highest BCUT2D eigenvalue weighted by Crippen LogP contribution is 2.47. The van der Waals surface area contributed by atoms with Crippen molar-refractivity contribution in [1.29, 1.82) is 0 Å². The van der Waals surface area contributed by atoms with Crippen LogP contribution in [-0.2, 0) is 4.79 Å². The van der Waals surface area contributed by atoms with Crippen LogP contribution in [0.25, 0.3) is 6.08 Å². The van der Waals surface area contributed by atoms with Gasteiger partial charge in [0.25, 0.3) is 5.91 Å². The lowest BCUT2D eigenvalue weighted by Gasteiger charge is -2.13. The molecule has 2 aromatic rings. The monoisotopic (exact) mass is 466 g/mol. The Balaban J connectivity index is 1.74. The SMILES string of the molecule is COc1c(Br)cc(Br)cc1/C=C1/SC2Nc3ccccc3N2C1=O. The molecule has 2 aromatic carbocycles. The third-order valence-corrected chi connectivity index (χ3v) is 6.02. The van der Waals surface area contributed by atoms with Crippen molar-refractivity contribution in [2.45, 2.75) is 5.50 Å². The Morgan fingerprint density at radius 1 is 1.29 bits per heavy atom. The van der Waals surface area contributed by atoms with Crippen molar-refractivity contribution in [3.05, 3.63) is 55.8 Å². The summed E-state index contributed by atoms with van der Waals surface area (Å²) < 4.78 is 7.22. The molecule has 0 radical (unpaired) electrons. The molecule has 122 valence electrons. The number of hydrogen-bond acceptors (Lipinski definition) is 4. The number of hydrogen-bond donors (Lipinski definition) is 1. The quantitative estimate of drug-likeness (QED) is 0.627. The first kappa shape index (κ1) is 16.1. The van der Waals surface area contributed by atoms with Gasteiger partial charge in [-0.15, -0.1) is 0 Å². The van der Waals surface area contributed by atoms with Crippen molar-refractivity contribution >= 4 is 67.0 Å². The molecule has 0 aliphatic carbocycles. The fraction of sp³-hybridized carbons (Fsp3) is 0.118. The number of methoxy groups -OCH3 is 1. The van der Waals surface area contributed by atoms with E-state index in [-0.39, 0.29) is 11.4 Å². The Bertz CT molecular complexity index is 885. The second kappa shape index (κ2) is 6.13. The zero-order chi connectivity index (χ0) is 16.8. The number of anilines is 2. The molecule has 1 saturated heterocycles. The second-order valence-corrected chi connectivity index (χ2v) is 8.22. The van der Waals surface area contributed by atoms with Gasteiger partial charge in [0, 0.05) is 10.0 Å². The topological polar surface area (TPSA) is 41.6 Å². The van der Waals surface area contributed by atoms with E-state index in [4.69, 9.17) is 4.74 Å². The average molecular weight is 468 g/mol. The van der Waals surface area contributed by atoms with Crippen LogP contribution in [0.15, 0.2) is 50.2 Å². The van der Waals surface area contributed by atoms with E-state index in [1.807, 2.05) is 42.5 Å². The molecular formula is C17H12Br2N2O2S. The first-order chi connectivity index (χ1) is 11.6. The number of carbonyl (C=O) groups is 1. The zero-order valence-electron chi connectivity index (χ0n) is 12.5. The van der Waals surface area contributed by atoms with Crippen LogP contribution in [-0.4, -0.2) is 18.5 Å². The number of halogens is 2. The Morgan fingerprint density at radius 2 is 2.08 bits per heavy atom. The van der Waals surface area contributed by atoms with Crippen molar-refractivity contribution in [2.75, 3.05) is 17.3 Å². The lowest BCUT2D eigenvalue weighted by atomic mass is 10.2. The van der Waals surface area contributed by atoms with Gasteiger partial charge in [-0.25, -0.2) is 0 Å². The van der Waals surface area contributed by atoms with Crippen molar-refractivity contribution in [2.24, 2.45) is 0 Å². The molecule has 2 heterocycles. The van der Waals surface area contributed by atoms with Crippen LogP contribution in [0, 0.1) is 0 Å². The molecule has 0 spiro atoms. The highest BCUT2D eigenvalue weighted by molar-refractivity contribution is 9.11. The molecule has 1 atom stereocenters. The molecule has 1 fully saturated rings. The highest BCUT2D eigenvalue weighted by Gasteiger charge is 2.42. The number of amides is 1. The summed E-state index contributed by atoms with van der Waals surface area (Å²) in [5, 5.41) is 3.37. The van der Waals surface area contributed by atoms with Crippen LogP contribution in [0.3, 0.4) is 0 Å². The second-order valence-electron chi connectivity index (χ2n) is 5.33. The van der Waals surface area contributed by atoms with Gasteiger partial charge in [0.1, 0.15) is 5.75 Å². The van der Waals surface area contributed by atoms with Crippen LogP contribution in [0.2, 0.25) is 0 Å². The summed E-state index contributed by atoms with van der Waals surface area (Å²) in [6, 6.07) is 11.7. The summed E-state index contributed by atoms with van der Waals surface area (Å²) >= 11 is 8.49. The fourth-order valence-electron chi connectivity index (χ4n) is 2.86. The van der Waals surface area contributed by atoms with E-state index in [2.05, 4.69) is 37.2 Å². The van der Waals surface area contributed by atoms with E-state index in [1.54, 1.807) is 12.0 Å². The molecule has 24 heavy (non-hydrogen) atoms. The zero-order valence-corrected chi connectivity index (χ0v) is 16.5. The molecule has 4 nitrogen and oxygen atoms in total. The van der Waals surface area contributed by atoms with Gasteiger partial charge >= 0.3 is 0 Å². The molecule has 0 aromatic heterocycles. The third kappa shape index (κ3) is 2.55. The summed E-state index contributed by atoms with van der Waals surface area (Å²) in [6.45, 7) is 0. The summed E-state index contributed by atoms with van der Waals surface area (Å²) in [6.07, 6.45) is 1.88. The molecule has 4 rings (SSSR count). The van der Waals surface area contributed by atoms with Gasteiger partial charge in [-0.3, -0.25) is 9.69 Å². The number of rotatable bonds is 2. The number of ether oxygens (including phenoxy) is 1. The smallest absolute Gasteiger partial charge is 0.267 e. The minimum absolute atomic E-state index is 0.000557. The van der Waals surface area contributed by atoms with Gasteiger partial charge in [-0.05, 0) is 46.3 Å². The molecule has 1 amide bonds. The lowest BCUT2D eigenvalue weighted by Crippen LogP contribution is -2.31. The largest absolute Gasteiger partial charge is 0.495 e. The standard InChI is InChI=1S/C17H12Br2N2O2S/c1-23-15-9(6-10(18)8-11(15)19)7-14-16(22)21-13-5-3-2-4-12(13)20-17(21)24-14/h2-8,17,20H,1H3/b14-7+. The molecular weight excluding hydrogens is 456 g/mol. The van der Waals surface area contributed by atoms with Crippen molar-refractivity contribution in [1.82, 2.24) is 0 Å². The predicted octanol–water partition coefficient (Wildman–Crippen LogP) is 5.05. The van der Waals surface area contributed by atoms with Crippen molar-refractivity contribution < 1.29 is 9.53 Å². The molecule has 7 heteroatoms. The summed E-state index contributed by atoms with van der Waals surface area (Å²) in [5.41, 5.74) is 2.67. The molecule has 0 saturated carbocycles. The first-order valence-corrected chi connectivity index (χ1v) is 9.65. The maximum atomic E-state index is 12.9. The highest BCUT2D eigenvalue weighted by atomic mass is 79.9. The van der Waals surface area contributed by atoms with Crippen molar-refractivity contribution in [3.8, 4) is 5.75 Å². The Labute approximate surface area is 160 Å². The van der Waals surface area contributed by atoms with Gasteiger partial charge < -0.3 is 10.1 Å². The Hall–Kier alpha value is -1.44. The average Bonchev–Trinajstić information content (AvgIpc) is 3.04. The van der Waals surface area contributed by atoms with Gasteiger partial charge in [-0.2, -0.15) is 0 Å². The molecule has 1 unspecified atom stereocenters. The number of thioether (sulfide) groups is 1. The summed E-state index contributed by atoms with van der Waals surface area (Å²) in [4.78, 5) is 15.3. The van der Waals surface area contributed by atoms with Crippen molar-refractivity contribution in [3.63, 3.8) is 0 Å². The fourth-order valence-corrected chi connectivity index (χ4v) is 5.41. The van der Waals surface area contributed by atoms with E-state index in [1.165, 1.54) is 11.8 Å². The van der Waals surface area contributed by atoms with E-state index in [9.17, 15) is 4.79 Å². The van der Waals surface area contributed by atoms with Crippen LogP contribution in [0.5, 0.6) is 5.75 Å². The van der Waals surface area contributed by atoms with E-state index in [0.29, 0.717) is 10.7 Å². The maximum absolute atomic E-state index is 12.9. The van der Waals surface area contributed by atoms with Crippen LogP contribution >= 0.6 is 43.6 Å². The van der Waals surface area contributed by atoms with Gasteiger partial charge in [-0.1, -0.05) is 39.8 Å². The lowest BCUT2D eigenvalue weighted by molar-refractivity contribution is -0.114. The number of para-hydroxylation sites is 2. The number of fused-ring (bicyclic) bond motifs is 3. The number of carbonyl (C=O) groups excluding carboxylic acids is 1.